The van der Waals surface area contributed by atoms with E-state index >= 15 is 0 Å². The van der Waals surface area contributed by atoms with Gasteiger partial charge in [0.15, 0.2) is 12.4 Å². The number of rotatable bonds is 8. The normalized spacial score (nSPS) is 11.6. The molecule has 0 unspecified atom stereocenters. The summed E-state index contributed by atoms with van der Waals surface area (Å²) in [7, 11) is 0. The fourth-order valence-electron chi connectivity index (χ4n) is 2.32. The number of nitrogens with one attached hydrogen (secondary N) is 1. The molecule has 0 aliphatic carbocycles. The minimum Gasteiger partial charge on any atom is -0.477 e. The summed E-state index contributed by atoms with van der Waals surface area (Å²) in [5, 5.41) is 14.0. The number of halogens is 1. The zero-order valence-corrected chi connectivity index (χ0v) is 14.5. The van der Waals surface area contributed by atoms with Crippen LogP contribution in [-0.2, 0) is 11.2 Å². The van der Waals surface area contributed by atoms with Gasteiger partial charge in [0.05, 0.1) is 4.92 Å². The predicted molar refractivity (Wildman–Crippen MR) is 96.0 cm³/mol. The molecule has 0 bridgehead atoms. The molecule has 2 rings (SSSR count). The van der Waals surface area contributed by atoms with Crippen molar-refractivity contribution in [1.82, 2.24) is 5.32 Å². The lowest BCUT2D eigenvalue weighted by atomic mass is 10.1. The maximum Gasteiger partial charge on any atom is 0.312 e. The second-order valence-corrected chi connectivity index (χ2v) is 6.09. The quantitative estimate of drug-likeness (QED) is 0.572. The van der Waals surface area contributed by atoms with Crippen LogP contribution >= 0.6 is 11.6 Å². The highest BCUT2D eigenvalue weighted by molar-refractivity contribution is 6.30. The summed E-state index contributed by atoms with van der Waals surface area (Å²) in [6.07, 6.45) is 1.64. The number of aryl methyl sites for hydroxylation is 1. The number of amides is 1. The molecule has 1 amide bonds. The van der Waals surface area contributed by atoms with Gasteiger partial charge in [0.25, 0.3) is 5.91 Å². The summed E-state index contributed by atoms with van der Waals surface area (Å²) in [6.45, 7) is 1.61. The van der Waals surface area contributed by atoms with E-state index in [4.69, 9.17) is 16.3 Å². The first-order chi connectivity index (χ1) is 12.0. The number of benzene rings is 2. The second kappa shape index (κ2) is 9.03. The topological polar surface area (TPSA) is 81.5 Å². The van der Waals surface area contributed by atoms with E-state index in [1.54, 1.807) is 0 Å². The monoisotopic (exact) mass is 362 g/mol. The summed E-state index contributed by atoms with van der Waals surface area (Å²) >= 11 is 5.74. The molecule has 0 aliphatic heterocycles. The third-order valence-electron chi connectivity index (χ3n) is 3.59. The van der Waals surface area contributed by atoms with Crippen molar-refractivity contribution < 1.29 is 14.5 Å². The van der Waals surface area contributed by atoms with Crippen LogP contribution in [0.15, 0.2) is 48.5 Å². The highest BCUT2D eigenvalue weighted by Crippen LogP contribution is 2.29. The smallest absolute Gasteiger partial charge is 0.312 e. The fourth-order valence-corrected chi connectivity index (χ4v) is 2.48. The standard InChI is InChI=1S/C18H19ClN2O4/c1-13(7-8-14-5-3-2-4-6-14)20-18(22)12-25-17-10-9-15(19)11-16(17)21(23)24/h2-6,9-11,13H,7-8,12H2,1H3,(H,20,22)/t13-/m1/s1. The molecule has 0 aliphatic rings. The van der Waals surface area contributed by atoms with Crippen LogP contribution in [0.3, 0.4) is 0 Å². The van der Waals surface area contributed by atoms with Crippen LogP contribution < -0.4 is 10.1 Å². The van der Waals surface area contributed by atoms with Gasteiger partial charge >= 0.3 is 5.69 Å². The van der Waals surface area contributed by atoms with Gasteiger partial charge in [-0.3, -0.25) is 14.9 Å². The fraction of sp³-hybridized carbons (Fsp3) is 0.278. The third kappa shape index (κ3) is 6.08. The predicted octanol–water partition coefficient (Wildman–Crippen LogP) is 3.76. The van der Waals surface area contributed by atoms with Gasteiger partial charge in [0.1, 0.15) is 0 Å². The SMILES string of the molecule is C[C@H](CCc1ccccc1)NC(=O)COc1ccc(Cl)cc1[N+](=O)[O-]. The van der Waals surface area contributed by atoms with Gasteiger partial charge in [0, 0.05) is 17.1 Å². The largest absolute Gasteiger partial charge is 0.477 e. The third-order valence-corrected chi connectivity index (χ3v) is 3.83. The van der Waals surface area contributed by atoms with Gasteiger partial charge in [-0.05, 0) is 37.5 Å². The Labute approximate surface area is 150 Å². The van der Waals surface area contributed by atoms with E-state index in [-0.39, 0.29) is 35.0 Å². The Hall–Kier alpha value is -2.60. The van der Waals surface area contributed by atoms with E-state index in [0.717, 1.165) is 12.8 Å². The molecular weight excluding hydrogens is 344 g/mol. The van der Waals surface area contributed by atoms with Crippen molar-refractivity contribution in [2.45, 2.75) is 25.8 Å². The van der Waals surface area contributed by atoms with Crippen LogP contribution in [0.25, 0.3) is 0 Å². The van der Waals surface area contributed by atoms with Crippen LogP contribution in [0.2, 0.25) is 5.02 Å². The van der Waals surface area contributed by atoms with Crippen molar-refractivity contribution >= 4 is 23.2 Å². The number of nitro groups is 1. The number of hydrogen-bond acceptors (Lipinski definition) is 4. The molecule has 1 N–H and O–H groups in total. The number of ether oxygens (including phenoxy) is 1. The average Bonchev–Trinajstić information content (AvgIpc) is 2.59. The van der Waals surface area contributed by atoms with Gasteiger partial charge in [-0.15, -0.1) is 0 Å². The van der Waals surface area contributed by atoms with Gasteiger partial charge in [0.2, 0.25) is 0 Å². The lowest BCUT2D eigenvalue weighted by molar-refractivity contribution is -0.385. The molecule has 1 atom stereocenters. The van der Waals surface area contributed by atoms with E-state index in [9.17, 15) is 14.9 Å². The second-order valence-electron chi connectivity index (χ2n) is 5.65. The maximum atomic E-state index is 12.0. The van der Waals surface area contributed by atoms with Crippen molar-refractivity contribution in [3.63, 3.8) is 0 Å². The van der Waals surface area contributed by atoms with Crippen LogP contribution in [-0.4, -0.2) is 23.5 Å². The molecule has 25 heavy (non-hydrogen) atoms. The summed E-state index contributed by atoms with van der Waals surface area (Å²) in [5.74, 6) is -0.314. The molecule has 2 aromatic rings. The Kier molecular flexibility index (Phi) is 6.77. The first kappa shape index (κ1) is 18.7. The van der Waals surface area contributed by atoms with Gasteiger partial charge in [-0.25, -0.2) is 0 Å². The molecule has 0 heterocycles. The summed E-state index contributed by atoms with van der Waals surface area (Å²) < 4.78 is 5.27. The molecule has 0 saturated carbocycles. The Morgan fingerprint density at radius 3 is 2.68 bits per heavy atom. The molecule has 0 saturated heterocycles. The number of carbonyl (C=O) groups is 1. The summed E-state index contributed by atoms with van der Waals surface area (Å²) in [6, 6.07) is 14.0. The molecule has 132 valence electrons. The van der Waals surface area contributed by atoms with Crippen LogP contribution in [0.5, 0.6) is 5.75 Å². The Bertz CT molecular complexity index is 737. The number of nitrogens with zero attached hydrogens (tertiary/aromatic N) is 1. The summed E-state index contributed by atoms with van der Waals surface area (Å²) in [4.78, 5) is 22.3. The van der Waals surface area contributed by atoms with Crippen molar-refractivity contribution in [3.05, 3.63) is 69.2 Å². The van der Waals surface area contributed by atoms with E-state index in [2.05, 4.69) is 5.32 Å². The number of carbonyl (C=O) groups excluding carboxylic acids is 1. The van der Waals surface area contributed by atoms with Gasteiger partial charge in [-0.2, -0.15) is 0 Å². The average molecular weight is 363 g/mol. The van der Waals surface area contributed by atoms with Gasteiger partial charge < -0.3 is 10.1 Å². The molecule has 0 aromatic heterocycles. The molecule has 0 fully saturated rings. The van der Waals surface area contributed by atoms with Crippen molar-refractivity contribution in [3.8, 4) is 5.75 Å². The van der Waals surface area contributed by atoms with E-state index < -0.39 is 4.92 Å². The highest BCUT2D eigenvalue weighted by Gasteiger charge is 2.17. The first-order valence-corrected chi connectivity index (χ1v) is 8.23. The minimum absolute atomic E-state index is 0.0153. The molecule has 0 radical (unpaired) electrons. The maximum absolute atomic E-state index is 12.0. The Morgan fingerprint density at radius 1 is 1.28 bits per heavy atom. The van der Waals surface area contributed by atoms with E-state index in [1.165, 1.54) is 23.8 Å². The zero-order valence-electron chi connectivity index (χ0n) is 13.8. The lowest BCUT2D eigenvalue weighted by Gasteiger charge is -2.14. The van der Waals surface area contributed by atoms with Crippen molar-refractivity contribution in [2.75, 3.05) is 6.61 Å². The summed E-state index contributed by atoms with van der Waals surface area (Å²) in [5.41, 5.74) is 0.939. The van der Waals surface area contributed by atoms with Crippen LogP contribution in [0, 0.1) is 10.1 Å². The van der Waals surface area contributed by atoms with Crippen molar-refractivity contribution in [1.29, 1.82) is 0 Å². The number of nitro benzene ring substituents is 1. The van der Waals surface area contributed by atoms with Gasteiger partial charge in [-0.1, -0.05) is 41.9 Å². The molecule has 2 aromatic carbocycles. The van der Waals surface area contributed by atoms with E-state index in [1.807, 2.05) is 37.3 Å². The van der Waals surface area contributed by atoms with Crippen LogP contribution in [0.1, 0.15) is 18.9 Å². The lowest BCUT2D eigenvalue weighted by Crippen LogP contribution is -2.36. The Morgan fingerprint density at radius 2 is 2.00 bits per heavy atom. The van der Waals surface area contributed by atoms with Crippen molar-refractivity contribution in [2.24, 2.45) is 0 Å². The Balaban J connectivity index is 1.81. The van der Waals surface area contributed by atoms with Crippen LogP contribution in [0.4, 0.5) is 5.69 Å². The minimum atomic E-state index is -0.596. The molecule has 7 heteroatoms. The zero-order chi connectivity index (χ0) is 18.2. The molecule has 6 nitrogen and oxygen atoms in total. The molecular formula is C18H19ClN2O4. The van der Waals surface area contributed by atoms with E-state index in [0.29, 0.717) is 0 Å². The number of hydrogen-bond donors (Lipinski definition) is 1. The molecule has 0 spiro atoms. The first-order valence-electron chi connectivity index (χ1n) is 7.85. The highest BCUT2D eigenvalue weighted by atomic mass is 35.5.